The Morgan fingerprint density at radius 2 is 1.88 bits per heavy atom. The zero-order chi connectivity index (χ0) is 17.9. The number of hydrogen-bond acceptors (Lipinski definition) is 7. The molecule has 7 heteroatoms. The summed E-state index contributed by atoms with van der Waals surface area (Å²) in [5, 5.41) is 8.06. The number of piperidine rings is 1. The Labute approximate surface area is 152 Å². The molecule has 0 amide bonds. The lowest BCUT2D eigenvalue weighted by Gasteiger charge is -2.31. The quantitative estimate of drug-likeness (QED) is 0.695. The van der Waals surface area contributed by atoms with Crippen LogP contribution in [-0.2, 0) is 13.0 Å². The zero-order valence-electron chi connectivity index (χ0n) is 15.2. The number of nitrogens with zero attached hydrogens (tertiary/aromatic N) is 5. The summed E-state index contributed by atoms with van der Waals surface area (Å²) in [6, 6.07) is 8.52. The Bertz CT molecular complexity index is 855. The summed E-state index contributed by atoms with van der Waals surface area (Å²) in [5.74, 6) is 2.70. The van der Waals surface area contributed by atoms with E-state index in [1.54, 1.807) is 0 Å². The number of aromatic nitrogens is 4. The van der Waals surface area contributed by atoms with Crippen LogP contribution < -0.4 is 0 Å². The van der Waals surface area contributed by atoms with Gasteiger partial charge in [0.1, 0.15) is 0 Å². The van der Waals surface area contributed by atoms with Gasteiger partial charge >= 0.3 is 0 Å². The van der Waals surface area contributed by atoms with Crippen LogP contribution in [0.15, 0.2) is 33.3 Å². The molecule has 7 nitrogen and oxygen atoms in total. The van der Waals surface area contributed by atoms with Gasteiger partial charge in [-0.2, -0.15) is 9.97 Å². The first-order chi connectivity index (χ1) is 12.7. The molecule has 4 rings (SSSR count). The highest BCUT2D eigenvalue weighted by Gasteiger charge is 2.29. The van der Waals surface area contributed by atoms with Crippen molar-refractivity contribution in [1.82, 2.24) is 25.2 Å². The van der Waals surface area contributed by atoms with Crippen molar-refractivity contribution >= 4 is 0 Å². The topological polar surface area (TPSA) is 81.1 Å². The highest BCUT2D eigenvalue weighted by Crippen LogP contribution is 2.31. The van der Waals surface area contributed by atoms with Gasteiger partial charge in [-0.05, 0) is 38.8 Å². The first kappa shape index (κ1) is 16.9. The Kier molecular flexibility index (Phi) is 4.79. The summed E-state index contributed by atoms with van der Waals surface area (Å²) in [6.07, 6.45) is 3.99. The maximum atomic E-state index is 5.48. The van der Waals surface area contributed by atoms with Crippen molar-refractivity contribution in [2.24, 2.45) is 0 Å². The van der Waals surface area contributed by atoms with E-state index in [-0.39, 0.29) is 6.04 Å². The van der Waals surface area contributed by atoms with E-state index < -0.39 is 0 Å². The minimum absolute atomic E-state index is 0.123. The molecule has 2 aromatic heterocycles. The molecule has 0 bridgehead atoms. The summed E-state index contributed by atoms with van der Waals surface area (Å²) in [4.78, 5) is 11.3. The van der Waals surface area contributed by atoms with Crippen LogP contribution in [0.2, 0.25) is 0 Å². The van der Waals surface area contributed by atoms with E-state index in [4.69, 9.17) is 9.05 Å². The van der Waals surface area contributed by atoms with Crippen molar-refractivity contribution < 1.29 is 9.05 Å². The van der Waals surface area contributed by atoms with Gasteiger partial charge in [0, 0.05) is 6.42 Å². The second-order valence-electron chi connectivity index (χ2n) is 6.93. The van der Waals surface area contributed by atoms with E-state index in [1.165, 1.54) is 11.1 Å². The first-order valence-electron chi connectivity index (χ1n) is 9.08. The average Bonchev–Trinajstić information content (AvgIpc) is 3.26. The minimum Gasteiger partial charge on any atom is -0.338 e. The Morgan fingerprint density at radius 1 is 1.04 bits per heavy atom. The predicted molar refractivity (Wildman–Crippen MR) is 94.3 cm³/mol. The molecule has 0 spiro atoms. The van der Waals surface area contributed by atoms with E-state index in [0.29, 0.717) is 36.4 Å². The van der Waals surface area contributed by atoms with Gasteiger partial charge in [-0.25, -0.2) is 0 Å². The van der Waals surface area contributed by atoms with Gasteiger partial charge < -0.3 is 9.05 Å². The van der Waals surface area contributed by atoms with Gasteiger partial charge in [-0.1, -0.05) is 46.6 Å². The standard InChI is InChI=1S/C19H23N5O2/c1-13-6-8-15(9-7-13)11-17-21-18(25-23-17)12-24-10-4-3-5-16(24)19-20-14(2)22-26-19/h6-9,16H,3-5,10-12H2,1-2H3/t16-/m1/s1. The molecule has 0 aliphatic carbocycles. The van der Waals surface area contributed by atoms with Gasteiger partial charge in [0.2, 0.25) is 11.8 Å². The normalized spacial score (nSPS) is 18.3. The summed E-state index contributed by atoms with van der Waals surface area (Å²) in [7, 11) is 0. The van der Waals surface area contributed by atoms with Crippen LogP contribution in [0.1, 0.15) is 59.9 Å². The fourth-order valence-corrected chi connectivity index (χ4v) is 3.40. The van der Waals surface area contributed by atoms with Crippen molar-refractivity contribution in [2.45, 2.75) is 52.1 Å². The number of likely N-dealkylation sites (tertiary alicyclic amines) is 1. The molecule has 26 heavy (non-hydrogen) atoms. The van der Waals surface area contributed by atoms with Crippen LogP contribution in [-0.4, -0.2) is 31.7 Å². The molecular weight excluding hydrogens is 330 g/mol. The van der Waals surface area contributed by atoms with Crippen molar-refractivity contribution in [3.05, 3.63) is 58.8 Å². The van der Waals surface area contributed by atoms with Crippen LogP contribution >= 0.6 is 0 Å². The first-order valence-corrected chi connectivity index (χ1v) is 9.08. The van der Waals surface area contributed by atoms with Crippen molar-refractivity contribution in [1.29, 1.82) is 0 Å². The summed E-state index contributed by atoms with van der Waals surface area (Å²) in [5.41, 5.74) is 2.43. The molecule has 0 unspecified atom stereocenters. The molecule has 0 N–H and O–H groups in total. The lowest BCUT2D eigenvalue weighted by molar-refractivity contribution is 0.0985. The minimum atomic E-state index is 0.123. The SMILES string of the molecule is Cc1ccc(Cc2noc(CN3CCCC[C@@H]3c3nc(C)no3)n2)cc1. The number of aryl methyl sites for hydroxylation is 2. The summed E-state index contributed by atoms with van der Waals surface area (Å²) >= 11 is 0. The van der Waals surface area contributed by atoms with E-state index in [9.17, 15) is 0 Å². The second kappa shape index (κ2) is 7.37. The molecule has 1 aliphatic heterocycles. The Balaban J connectivity index is 1.44. The molecule has 3 aromatic rings. The van der Waals surface area contributed by atoms with Crippen LogP contribution in [0.3, 0.4) is 0 Å². The van der Waals surface area contributed by atoms with E-state index in [1.807, 2.05) is 6.92 Å². The van der Waals surface area contributed by atoms with Gasteiger partial charge in [0.25, 0.3) is 0 Å². The number of hydrogen-bond donors (Lipinski definition) is 0. The molecule has 136 valence electrons. The van der Waals surface area contributed by atoms with Crippen LogP contribution in [0.25, 0.3) is 0 Å². The van der Waals surface area contributed by atoms with E-state index in [0.717, 1.165) is 25.8 Å². The monoisotopic (exact) mass is 353 g/mol. The third kappa shape index (κ3) is 3.83. The number of rotatable bonds is 5. The summed E-state index contributed by atoms with van der Waals surface area (Å²) < 4.78 is 10.9. The van der Waals surface area contributed by atoms with Crippen LogP contribution in [0, 0.1) is 13.8 Å². The molecule has 1 aromatic carbocycles. The Morgan fingerprint density at radius 3 is 2.65 bits per heavy atom. The maximum Gasteiger partial charge on any atom is 0.243 e. The second-order valence-corrected chi connectivity index (χ2v) is 6.93. The van der Waals surface area contributed by atoms with Crippen molar-refractivity contribution in [3.63, 3.8) is 0 Å². The molecule has 0 saturated carbocycles. The van der Waals surface area contributed by atoms with Gasteiger partial charge in [0.05, 0.1) is 12.6 Å². The molecule has 1 fully saturated rings. The molecule has 1 saturated heterocycles. The molecular formula is C19H23N5O2. The Hall–Kier alpha value is -2.54. The zero-order valence-corrected chi connectivity index (χ0v) is 15.2. The molecule has 0 radical (unpaired) electrons. The van der Waals surface area contributed by atoms with Gasteiger partial charge in [-0.3, -0.25) is 4.90 Å². The number of benzene rings is 1. The van der Waals surface area contributed by atoms with Crippen molar-refractivity contribution in [2.75, 3.05) is 6.54 Å². The van der Waals surface area contributed by atoms with Crippen LogP contribution in [0.4, 0.5) is 0 Å². The third-order valence-corrected chi connectivity index (χ3v) is 4.77. The van der Waals surface area contributed by atoms with Gasteiger partial charge in [-0.15, -0.1) is 0 Å². The van der Waals surface area contributed by atoms with Gasteiger partial charge in [0.15, 0.2) is 11.6 Å². The largest absolute Gasteiger partial charge is 0.338 e. The van der Waals surface area contributed by atoms with Crippen LogP contribution in [0.5, 0.6) is 0 Å². The van der Waals surface area contributed by atoms with E-state index in [2.05, 4.69) is 56.4 Å². The van der Waals surface area contributed by atoms with E-state index >= 15 is 0 Å². The van der Waals surface area contributed by atoms with Crippen molar-refractivity contribution in [3.8, 4) is 0 Å². The lowest BCUT2D eigenvalue weighted by atomic mass is 10.0. The highest BCUT2D eigenvalue weighted by molar-refractivity contribution is 5.23. The maximum absolute atomic E-state index is 5.48. The molecule has 1 aliphatic rings. The third-order valence-electron chi connectivity index (χ3n) is 4.77. The predicted octanol–water partition coefficient (Wildman–Crippen LogP) is 3.39. The highest BCUT2D eigenvalue weighted by atomic mass is 16.5. The molecule has 3 heterocycles. The lowest BCUT2D eigenvalue weighted by Crippen LogP contribution is -2.33. The average molecular weight is 353 g/mol. The smallest absolute Gasteiger partial charge is 0.243 e. The summed E-state index contributed by atoms with van der Waals surface area (Å²) in [6.45, 7) is 5.49. The molecule has 1 atom stereocenters. The fraction of sp³-hybridized carbons (Fsp3) is 0.474. The fourth-order valence-electron chi connectivity index (χ4n) is 3.40.